The van der Waals surface area contributed by atoms with E-state index in [1.165, 1.54) is 5.57 Å². The molecule has 1 nitrogen and oxygen atoms in total. The molecular weight excluding hydrogens is 124 g/mol. The molecule has 0 saturated carbocycles. The summed E-state index contributed by atoms with van der Waals surface area (Å²) in [4.78, 5) is 0. The van der Waals surface area contributed by atoms with E-state index < -0.39 is 0 Å². The maximum Gasteiger partial charge on any atom is 0.114 e. The molecule has 0 aromatic carbocycles. The first kappa shape index (κ1) is 7.39. The molecule has 10 heavy (non-hydrogen) atoms. The average Bonchev–Trinajstić information content (AvgIpc) is 1.93. The third kappa shape index (κ3) is 1.08. The zero-order chi connectivity index (χ0) is 7.72. The Morgan fingerprint density at radius 2 is 2.10 bits per heavy atom. The highest BCUT2D eigenvalue weighted by atomic mass is 16.3. The molecule has 0 bridgehead atoms. The van der Waals surface area contributed by atoms with Crippen molar-refractivity contribution in [3.8, 4) is 0 Å². The Kier molecular flexibility index (Phi) is 1.84. The summed E-state index contributed by atoms with van der Waals surface area (Å²) >= 11 is 0. The monoisotopic (exact) mass is 138 g/mol. The summed E-state index contributed by atoms with van der Waals surface area (Å²) in [6.07, 6.45) is 2.88. The third-order valence-corrected chi connectivity index (χ3v) is 2.38. The van der Waals surface area contributed by atoms with E-state index in [1.54, 1.807) is 0 Å². The largest absolute Gasteiger partial charge is 0.508 e. The second-order valence-corrected chi connectivity index (χ2v) is 3.03. The van der Waals surface area contributed by atoms with Crippen LogP contribution in [0.25, 0.3) is 0 Å². The first-order valence-corrected chi connectivity index (χ1v) is 3.69. The lowest BCUT2D eigenvalue weighted by atomic mass is 9.89. The second kappa shape index (κ2) is 2.49. The predicted molar refractivity (Wildman–Crippen MR) is 42.9 cm³/mol. The van der Waals surface area contributed by atoms with Crippen LogP contribution in [0.1, 0.15) is 27.2 Å². The van der Waals surface area contributed by atoms with Crippen molar-refractivity contribution in [1.29, 1.82) is 0 Å². The summed E-state index contributed by atoms with van der Waals surface area (Å²) in [6.45, 7) is 6.24. The zero-order valence-corrected chi connectivity index (χ0v) is 6.81. The molecule has 1 atom stereocenters. The Morgan fingerprint density at radius 3 is 2.60 bits per heavy atom. The van der Waals surface area contributed by atoms with Crippen molar-refractivity contribution in [3.63, 3.8) is 0 Å². The number of aliphatic hydroxyl groups is 1. The van der Waals surface area contributed by atoms with Gasteiger partial charge in [-0.2, -0.15) is 0 Å². The SMILES string of the molecule is CC1=C(C)C(C)CC=C1O. The van der Waals surface area contributed by atoms with Crippen LogP contribution in [0.3, 0.4) is 0 Å². The predicted octanol–water partition coefficient (Wildman–Crippen LogP) is 2.80. The number of aliphatic hydroxyl groups excluding tert-OH is 1. The molecule has 1 N–H and O–H groups in total. The minimum Gasteiger partial charge on any atom is -0.508 e. The van der Waals surface area contributed by atoms with Crippen molar-refractivity contribution >= 4 is 0 Å². The molecule has 0 spiro atoms. The molecule has 1 aliphatic carbocycles. The molecule has 0 radical (unpaired) electrons. The molecule has 1 rings (SSSR count). The standard InChI is InChI=1S/C9H14O/c1-6-4-5-9(10)8(3)7(6)2/h5-6,10H,4H2,1-3H3. The van der Waals surface area contributed by atoms with Crippen LogP contribution in [0, 0.1) is 5.92 Å². The van der Waals surface area contributed by atoms with Gasteiger partial charge in [-0.3, -0.25) is 0 Å². The van der Waals surface area contributed by atoms with Gasteiger partial charge in [0, 0.05) is 0 Å². The fourth-order valence-corrected chi connectivity index (χ4v) is 1.19. The number of hydrogen-bond donors (Lipinski definition) is 1. The van der Waals surface area contributed by atoms with Crippen LogP contribution >= 0.6 is 0 Å². The second-order valence-electron chi connectivity index (χ2n) is 3.03. The lowest BCUT2D eigenvalue weighted by Crippen LogP contribution is -2.04. The topological polar surface area (TPSA) is 20.2 Å². The smallest absolute Gasteiger partial charge is 0.114 e. The van der Waals surface area contributed by atoms with E-state index in [-0.39, 0.29) is 0 Å². The molecule has 0 aromatic heterocycles. The van der Waals surface area contributed by atoms with E-state index >= 15 is 0 Å². The molecular formula is C9H14O. The quantitative estimate of drug-likeness (QED) is 0.545. The van der Waals surface area contributed by atoms with Gasteiger partial charge in [-0.1, -0.05) is 12.5 Å². The molecule has 0 amide bonds. The van der Waals surface area contributed by atoms with Gasteiger partial charge in [0.25, 0.3) is 0 Å². The molecule has 0 fully saturated rings. The highest BCUT2D eigenvalue weighted by Crippen LogP contribution is 2.27. The number of hydrogen-bond acceptors (Lipinski definition) is 1. The third-order valence-electron chi connectivity index (χ3n) is 2.38. The van der Waals surface area contributed by atoms with Crippen LogP contribution in [-0.4, -0.2) is 5.11 Å². The normalized spacial score (nSPS) is 26.7. The summed E-state index contributed by atoms with van der Waals surface area (Å²) in [5.41, 5.74) is 2.37. The van der Waals surface area contributed by atoms with Gasteiger partial charge < -0.3 is 5.11 Å². The number of allylic oxidation sites excluding steroid dienone is 3. The average molecular weight is 138 g/mol. The van der Waals surface area contributed by atoms with Crippen LogP contribution in [-0.2, 0) is 0 Å². The first-order chi connectivity index (χ1) is 4.63. The maximum atomic E-state index is 9.27. The first-order valence-electron chi connectivity index (χ1n) is 3.69. The molecule has 0 aliphatic heterocycles. The molecule has 0 saturated heterocycles. The maximum absolute atomic E-state index is 9.27. The van der Waals surface area contributed by atoms with Gasteiger partial charge in [0.15, 0.2) is 0 Å². The van der Waals surface area contributed by atoms with Crippen LogP contribution in [0.5, 0.6) is 0 Å². The summed E-state index contributed by atoms with van der Waals surface area (Å²) in [7, 11) is 0. The van der Waals surface area contributed by atoms with Crippen LogP contribution in [0.4, 0.5) is 0 Å². The lowest BCUT2D eigenvalue weighted by Gasteiger charge is -2.18. The Balaban J connectivity index is 2.94. The van der Waals surface area contributed by atoms with E-state index in [9.17, 15) is 5.11 Å². The zero-order valence-electron chi connectivity index (χ0n) is 6.81. The molecule has 1 heteroatoms. The van der Waals surface area contributed by atoms with E-state index in [0.717, 1.165) is 12.0 Å². The highest BCUT2D eigenvalue weighted by molar-refractivity contribution is 5.32. The van der Waals surface area contributed by atoms with Gasteiger partial charge in [-0.25, -0.2) is 0 Å². The van der Waals surface area contributed by atoms with Crippen molar-refractivity contribution in [3.05, 3.63) is 23.0 Å². The van der Waals surface area contributed by atoms with Crippen molar-refractivity contribution < 1.29 is 5.11 Å². The van der Waals surface area contributed by atoms with Crippen molar-refractivity contribution in [2.24, 2.45) is 5.92 Å². The van der Waals surface area contributed by atoms with E-state index in [1.807, 2.05) is 13.0 Å². The summed E-state index contributed by atoms with van der Waals surface area (Å²) in [6, 6.07) is 0. The van der Waals surface area contributed by atoms with Gasteiger partial charge in [-0.05, 0) is 37.8 Å². The highest BCUT2D eigenvalue weighted by Gasteiger charge is 2.13. The Morgan fingerprint density at radius 1 is 1.50 bits per heavy atom. The minimum atomic E-state index is 0.468. The van der Waals surface area contributed by atoms with Crippen molar-refractivity contribution in [2.75, 3.05) is 0 Å². The van der Waals surface area contributed by atoms with Gasteiger partial charge in [0.1, 0.15) is 5.76 Å². The Hall–Kier alpha value is -0.720. The van der Waals surface area contributed by atoms with Gasteiger partial charge >= 0.3 is 0 Å². The molecule has 1 unspecified atom stereocenters. The van der Waals surface area contributed by atoms with E-state index in [2.05, 4.69) is 13.8 Å². The molecule has 1 aliphatic rings. The molecule has 0 heterocycles. The summed E-state index contributed by atoms with van der Waals surface area (Å²) < 4.78 is 0. The van der Waals surface area contributed by atoms with Gasteiger partial charge in [-0.15, -0.1) is 0 Å². The minimum absolute atomic E-state index is 0.468. The molecule has 56 valence electrons. The van der Waals surface area contributed by atoms with Crippen molar-refractivity contribution in [1.82, 2.24) is 0 Å². The van der Waals surface area contributed by atoms with Crippen LogP contribution < -0.4 is 0 Å². The van der Waals surface area contributed by atoms with Crippen LogP contribution in [0.2, 0.25) is 0 Å². The fraction of sp³-hybridized carbons (Fsp3) is 0.556. The Bertz CT molecular complexity index is 199. The van der Waals surface area contributed by atoms with Gasteiger partial charge in [0.2, 0.25) is 0 Å². The van der Waals surface area contributed by atoms with Crippen molar-refractivity contribution in [2.45, 2.75) is 27.2 Å². The molecule has 0 aromatic rings. The summed E-state index contributed by atoms with van der Waals surface area (Å²) in [5, 5.41) is 9.27. The van der Waals surface area contributed by atoms with Crippen LogP contribution in [0.15, 0.2) is 23.0 Å². The lowest BCUT2D eigenvalue weighted by molar-refractivity contribution is 0.408. The summed E-state index contributed by atoms with van der Waals surface area (Å²) in [5.74, 6) is 1.08. The Labute approximate surface area is 62.1 Å². The number of rotatable bonds is 0. The van der Waals surface area contributed by atoms with E-state index in [0.29, 0.717) is 11.7 Å². The van der Waals surface area contributed by atoms with Gasteiger partial charge in [0.05, 0.1) is 0 Å². The van der Waals surface area contributed by atoms with E-state index in [4.69, 9.17) is 0 Å². The fourth-order valence-electron chi connectivity index (χ4n) is 1.19.